The van der Waals surface area contributed by atoms with Crippen LogP contribution in [0.3, 0.4) is 0 Å². The normalized spacial score (nSPS) is 10.2. The molecule has 1 N–H and O–H groups in total. The van der Waals surface area contributed by atoms with E-state index in [-0.39, 0.29) is 5.91 Å². The second-order valence-electron chi connectivity index (χ2n) is 5.26. The molecule has 2 rings (SSSR count). The summed E-state index contributed by atoms with van der Waals surface area (Å²) in [7, 11) is 1.56. The van der Waals surface area contributed by atoms with Crippen LogP contribution < -0.4 is 24.3 Å². The van der Waals surface area contributed by atoms with Crippen LogP contribution in [0, 0.1) is 0 Å². The lowest BCUT2D eigenvalue weighted by Crippen LogP contribution is -2.14. The summed E-state index contributed by atoms with van der Waals surface area (Å²) in [5.41, 5.74) is 0.996. The number of ether oxygens (including phenoxy) is 4. The zero-order valence-corrected chi connectivity index (χ0v) is 15.6. The van der Waals surface area contributed by atoms with Crippen molar-refractivity contribution in [3.05, 3.63) is 42.0 Å². The van der Waals surface area contributed by atoms with Crippen molar-refractivity contribution in [1.82, 2.24) is 0 Å². The van der Waals surface area contributed by atoms with Crippen LogP contribution in [0.15, 0.2) is 36.4 Å². The third kappa shape index (κ3) is 4.59. The van der Waals surface area contributed by atoms with Gasteiger partial charge in [0.15, 0.2) is 11.5 Å². The molecule has 0 aliphatic carbocycles. The van der Waals surface area contributed by atoms with Gasteiger partial charge in [-0.05, 0) is 45.0 Å². The summed E-state index contributed by atoms with van der Waals surface area (Å²) in [5, 5.41) is 2.85. The maximum Gasteiger partial charge on any atom is 0.256 e. The number of methoxy groups -OCH3 is 1. The maximum atomic E-state index is 12.7. The molecule has 0 radical (unpaired) electrons. The molecule has 0 heterocycles. The number of rotatable bonds is 9. The first-order valence-electron chi connectivity index (χ1n) is 8.65. The monoisotopic (exact) mass is 359 g/mol. The van der Waals surface area contributed by atoms with Gasteiger partial charge in [-0.1, -0.05) is 12.1 Å². The molecule has 0 unspecified atom stereocenters. The van der Waals surface area contributed by atoms with Gasteiger partial charge in [0, 0.05) is 5.56 Å². The van der Waals surface area contributed by atoms with Gasteiger partial charge in [0.25, 0.3) is 5.91 Å². The molecule has 0 saturated heterocycles. The smallest absolute Gasteiger partial charge is 0.256 e. The van der Waals surface area contributed by atoms with E-state index in [0.29, 0.717) is 54.1 Å². The zero-order chi connectivity index (χ0) is 18.9. The predicted molar refractivity (Wildman–Crippen MR) is 101 cm³/mol. The molecule has 0 spiro atoms. The number of hydrogen-bond donors (Lipinski definition) is 1. The number of benzene rings is 2. The van der Waals surface area contributed by atoms with Crippen molar-refractivity contribution < 1.29 is 23.7 Å². The summed E-state index contributed by atoms with van der Waals surface area (Å²) in [6.07, 6.45) is 0. The van der Waals surface area contributed by atoms with E-state index in [0.717, 1.165) is 0 Å². The number of hydrogen-bond acceptors (Lipinski definition) is 5. The summed E-state index contributed by atoms with van der Waals surface area (Å²) in [4.78, 5) is 12.7. The Morgan fingerprint density at radius 1 is 0.885 bits per heavy atom. The van der Waals surface area contributed by atoms with Crippen molar-refractivity contribution in [2.24, 2.45) is 0 Å². The summed E-state index contributed by atoms with van der Waals surface area (Å²) in [5.74, 6) is 1.75. The Hall–Kier alpha value is -2.89. The van der Waals surface area contributed by atoms with Crippen molar-refractivity contribution in [2.75, 3.05) is 32.2 Å². The van der Waals surface area contributed by atoms with E-state index in [9.17, 15) is 4.79 Å². The topological polar surface area (TPSA) is 66.0 Å². The zero-order valence-electron chi connectivity index (χ0n) is 15.6. The molecular formula is C20H25NO5. The van der Waals surface area contributed by atoms with Gasteiger partial charge >= 0.3 is 0 Å². The molecule has 26 heavy (non-hydrogen) atoms. The van der Waals surface area contributed by atoms with Gasteiger partial charge in [0.1, 0.15) is 5.75 Å². The lowest BCUT2D eigenvalue weighted by atomic mass is 10.1. The van der Waals surface area contributed by atoms with E-state index in [1.165, 1.54) is 0 Å². The Labute approximate surface area is 154 Å². The van der Waals surface area contributed by atoms with Gasteiger partial charge in [0.05, 0.1) is 32.6 Å². The molecule has 2 aromatic rings. The summed E-state index contributed by atoms with van der Waals surface area (Å²) >= 11 is 0. The van der Waals surface area contributed by atoms with E-state index < -0.39 is 0 Å². The standard InChI is InChI=1S/C20H25NO5/c1-5-24-17-12-14(13-18(25-6-2)19(17)26-7-3)20(22)21-15-10-8-9-11-16(15)23-4/h8-13H,5-7H2,1-4H3,(H,21,22). The Bertz CT molecular complexity index is 718. The fourth-order valence-corrected chi connectivity index (χ4v) is 2.46. The van der Waals surface area contributed by atoms with E-state index in [2.05, 4.69) is 5.32 Å². The maximum absolute atomic E-state index is 12.7. The third-order valence-corrected chi connectivity index (χ3v) is 3.53. The van der Waals surface area contributed by atoms with Crippen LogP contribution in [0.5, 0.6) is 23.0 Å². The van der Waals surface area contributed by atoms with E-state index >= 15 is 0 Å². The van der Waals surface area contributed by atoms with Crippen LogP contribution in [0.1, 0.15) is 31.1 Å². The van der Waals surface area contributed by atoms with Crippen LogP contribution in [0.25, 0.3) is 0 Å². The lowest BCUT2D eigenvalue weighted by Gasteiger charge is -2.17. The average Bonchev–Trinajstić information content (AvgIpc) is 2.65. The van der Waals surface area contributed by atoms with E-state index in [1.54, 1.807) is 31.4 Å². The largest absolute Gasteiger partial charge is 0.495 e. The number of amides is 1. The summed E-state index contributed by atoms with van der Waals surface area (Å²) in [6, 6.07) is 10.5. The second-order valence-corrected chi connectivity index (χ2v) is 5.26. The molecule has 0 fully saturated rings. The minimum Gasteiger partial charge on any atom is -0.495 e. The predicted octanol–water partition coefficient (Wildman–Crippen LogP) is 4.14. The third-order valence-electron chi connectivity index (χ3n) is 3.53. The Morgan fingerprint density at radius 2 is 1.46 bits per heavy atom. The SMILES string of the molecule is CCOc1cc(C(=O)Nc2ccccc2OC)cc(OCC)c1OCC. The second kappa shape index (κ2) is 9.56. The summed E-state index contributed by atoms with van der Waals surface area (Å²) < 4.78 is 22.2. The molecule has 0 aromatic heterocycles. The Kier molecular flexibility index (Phi) is 7.14. The highest BCUT2D eigenvalue weighted by atomic mass is 16.5. The van der Waals surface area contributed by atoms with Crippen LogP contribution in [-0.2, 0) is 0 Å². The number of nitrogens with one attached hydrogen (secondary N) is 1. The fourth-order valence-electron chi connectivity index (χ4n) is 2.46. The van der Waals surface area contributed by atoms with Crippen LogP contribution in [0.2, 0.25) is 0 Å². The van der Waals surface area contributed by atoms with Crippen molar-refractivity contribution >= 4 is 11.6 Å². The Morgan fingerprint density at radius 3 is 2.00 bits per heavy atom. The van der Waals surface area contributed by atoms with Gasteiger partial charge in [-0.3, -0.25) is 4.79 Å². The molecule has 1 amide bonds. The van der Waals surface area contributed by atoms with Crippen LogP contribution in [0.4, 0.5) is 5.69 Å². The van der Waals surface area contributed by atoms with Gasteiger partial charge in [-0.25, -0.2) is 0 Å². The molecular weight excluding hydrogens is 334 g/mol. The average molecular weight is 359 g/mol. The first-order valence-corrected chi connectivity index (χ1v) is 8.65. The molecule has 0 bridgehead atoms. The minimum atomic E-state index is -0.292. The molecule has 0 atom stereocenters. The number of carbonyl (C=O) groups excluding carboxylic acids is 1. The number of para-hydroxylation sites is 2. The molecule has 140 valence electrons. The van der Waals surface area contributed by atoms with Gasteiger partial charge in [0.2, 0.25) is 5.75 Å². The van der Waals surface area contributed by atoms with Crippen LogP contribution in [-0.4, -0.2) is 32.8 Å². The minimum absolute atomic E-state index is 0.292. The molecule has 0 aliphatic rings. The van der Waals surface area contributed by atoms with Crippen molar-refractivity contribution in [1.29, 1.82) is 0 Å². The van der Waals surface area contributed by atoms with Gasteiger partial charge < -0.3 is 24.3 Å². The number of carbonyl (C=O) groups is 1. The van der Waals surface area contributed by atoms with Gasteiger partial charge in [-0.15, -0.1) is 0 Å². The first-order chi connectivity index (χ1) is 12.6. The Balaban J connectivity index is 2.39. The highest BCUT2D eigenvalue weighted by Crippen LogP contribution is 2.39. The fraction of sp³-hybridized carbons (Fsp3) is 0.350. The quantitative estimate of drug-likeness (QED) is 0.729. The lowest BCUT2D eigenvalue weighted by molar-refractivity contribution is 0.102. The molecule has 6 heteroatoms. The van der Waals surface area contributed by atoms with E-state index in [4.69, 9.17) is 18.9 Å². The summed E-state index contributed by atoms with van der Waals surface area (Å²) in [6.45, 7) is 6.99. The highest BCUT2D eigenvalue weighted by Gasteiger charge is 2.19. The van der Waals surface area contributed by atoms with Gasteiger partial charge in [-0.2, -0.15) is 0 Å². The van der Waals surface area contributed by atoms with Crippen molar-refractivity contribution in [3.63, 3.8) is 0 Å². The highest BCUT2D eigenvalue weighted by molar-refractivity contribution is 6.05. The molecule has 6 nitrogen and oxygen atoms in total. The molecule has 2 aromatic carbocycles. The van der Waals surface area contributed by atoms with Crippen molar-refractivity contribution in [2.45, 2.75) is 20.8 Å². The van der Waals surface area contributed by atoms with Crippen LogP contribution >= 0.6 is 0 Å². The first kappa shape index (κ1) is 19.4. The number of anilines is 1. The van der Waals surface area contributed by atoms with E-state index in [1.807, 2.05) is 32.9 Å². The molecule has 0 aliphatic heterocycles. The van der Waals surface area contributed by atoms with Crippen molar-refractivity contribution in [3.8, 4) is 23.0 Å². The molecule has 0 saturated carbocycles.